The number of piperazine rings is 1. The number of nitrogens with zero attached hydrogens (tertiary/aromatic N) is 3. The topological polar surface area (TPSA) is 74.4 Å². The molecule has 1 aliphatic heterocycles. The summed E-state index contributed by atoms with van der Waals surface area (Å²) in [7, 11) is 5.88. The fourth-order valence-corrected chi connectivity index (χ4v) is 5.65. The molecule has 3 rings (SSSR count). The molecule has 2 fully saturated rings. The normalized spacial score (nSPS) is 18.4. The Morgan fingerprint density at radius 2 is 1.74 bits per heavy atom. The van der Waals surface area contributed by atoms with E-state index < -0.39 is 11.0 Å². The number of methoxy groups -OCH3 is 1. The lowest BCUT2D eigenvalue weighted by Gasteiger charge is -2.36. The number of aryl methyl sites for hydroxylation is 2. The molecule has 9 heteroatoms. The van der Waals surface area contributed by atoms with Gasteiger partial charge in [0.1, 0.15) is 23.3 Å². The maximum atomic E-state index is 12.6. The molecule has 2 aliphatic rings. The zero-order valence-corrected chi connectivity index (χ0v) is 22.7. The lowest BCUT2D eigenvalue weighted by Crippen LogP contribution is -2.48. The predicted octanol–water partition coefficient (Wildman–Crippen LogP) is 2.21. The van der Waals surface area contributed by atoms with Crippen LogP contribution in [0.2, 0.25) is 0 Å². The van der Waals surface area contributed by atoms with Crippen LogP contribution in [-0.2, 0) is 20.5 Å². The smallest absolute Gasteiger partial charge is 0.245 e. The number of benzene rings is 1. The van der Waals surface area contributed by atoms with Gasteiger partial charge in [-0.1, -0.05) is 12.8 Å². The van der Waals surface area contributed by atoms with E-state index in [0.717, 1.165) is 27.8 Å². The molecule has 0 aromatic heterocycles. The highest BCUT2D eigenvalue weighted by Crippen LogP contribution is 2.26. The quantitative estimate of drug-likeness (QED) is 0.529. The van der Waals surface area contributed by atoms with Crippen LogP contribution < -0.4 is 10.1 Å². The van der Waals surface area contributed by atoms with Crippen molar-refractivity contribution in [2.75, 3.05) is 74.2 Å². The number of carbonyl (C=O) groups is 1. The third kappa shape index (κ3) is 8.92. The van der Waals surface area contributed by atoms with E-state index >= 15 is 0 Å². The van der Waals surface area contributed by atoms with Crippen LogP contribution in [0.5, 0.6) is 5.75 Å². The summed E-state index contributed by atoms with van der Waals surface area (Å²) in [5, 5.41) is 2.48. The first-order chi connectivity index (χ1) is 16.3. The van der Waals surface area contributed by atoms with E-state index in [-0.39, 0.29) is 12.5 Å². The highest BCUT2D eigenvalue weighted by Gasteiger charge is 2.24. The second-order valence-electron chi connectivity index (χ2n) is 9.19. The maximum absolute atomic E-state index is 12.6. The zero-order chi connectivity index (χ0) is 25.1. The molecule has 1 unspecified atom stereocenters. The first-order valence-electron chi connectivity index (χ1n) is 12.3. The Labute approximate surface area is 208 Å². The molecule has 1 aromatic rings. The monoisotopic (exact) mass is 496 g/mol. The minimum Gasteiger partial charge on any atom is -0.497 e. The molecular weight excluding hydrogens is 452 g/mol. The summed E-state index contributed by atoms with van der Waals surface area (Å²) in [5.41, 5.74) is 1.85. The van der Waals surface area contributed by atoms with Gasteiger partial charge in [-0.2, -0.15) is 0 Å². The van der Waals surface area contributed by atoms with Gasteiger partial charge < -0.3 is 19.7 Å². The van der Waals surface area contributed by atoms with Crippen molar-refractivity contribution in [3.8, 4) is 5.75 Å². The van der Waals surface area contributed by atoms with Gasteiger partial charge in [-0.05, 0) is 57.0 Å². The Hall–Kier alpha value is -1.52. The molecule has 1 amide bonds. The zero-order valence-electron chi connectivity index (χ0n) is 21.9. The number of hydrogen-bond acceptors (Lipinski definition) is 6. The molecule has 1 aliphatic carbocycles. The average molecular weight is 497 g/mol. The van der Waals surface area contributed by atoms with Crippen molar-refractivity contribution in [2.24, 2.45) is 0 Å². The minimum atomic E-state index is -1.28. The van der Waals surface area contributed by atoms with Crippen LogP contribution in [0.3, 0.4) is 0 Å². The fraction of sp³-hybridized carbons (Fsp3) is 0.720. The third-order valence-electron chi connectivity index (χ3n) is 6.57. The second-order valence-corrected chi connectivity index (χ2v) is 10.7. The van der Waals surface area contributed by atoms with Crippen LogP contribution in [0.15, 0.2) is 17.0 Å². The predicted molar refractivity (Wildman–Crippen MR) is 138 cm³/mol. The minimum absolute atomic E-state index is 0.0115. The standard InChI is InChI=1S/C15H24N2O4S.C10H20N2/c1-11-8-13(20-5)9-12(2)15(11)22(19)17(4)6-7-21-10-14(18)16-3;1-11-6-8-12(9-7-11)10-4-2-3-5-10/h8-9H,6-7,10H2,1-5H3,(H,16,18);10H,2-9H2,1H3. The molecule has 1 aromatic carbocycles. The van der Waals surface area contributed by atoms with E-state index in [1.807, 2.05) is 26.0 Å². The second kappa shape index (κ2) is 14.8. The van der Waals surface area contributed by atoms with E-state index in [1.165, 1.54) is 51.9 Å². The molecule has 194 valence electrons. The Morgan fingerprint density at radius 1 is 1.15 bits per heavy atom. The number of hydrogen-bond donors (Lipinski definition) is 1. The molecule has 34 heavy (non-hydrogen) atoms. The SMILES string of the molecule is CN1CCN(C2CCCC2)CC1.CNC(=O)COCCN(C)S(=O)c1c(C)cc(OC)cc1C. The summed E-state index contributed by atoms with van der Waals surface area (Å²) in [5.74, 6) is 0.581. The maximum Gasteiger partial charge on any atom is 0.245 e. The van der Waals surface area contributed by atoms with Gasteiger partial charge in [0.2, 0.25) is 5.91 Å². The molecule has 1 saturated carbocycles. The van der Waals surface area contributed by atoms with Crippen LogP contribution in [0.4, 0.5) is 0 Å². The Bertz CT molecular complexity index is 770. The van der Waals surface area contributed by atoms with Gasteiger partial charge in [0, 0.05) is 52.9 Å². The number of rotatable bonds is 9. The van der Waals surface area contributed by atoms with Crippen LogP contribution in [0.1, 0.15) is 36.8 Å². The van der Waals surface area contributed by atoms with Gasteiger partial charge >= 0.3 is 0 Å². The fourth-order valence-electron chi connectivity index (χ4n) is 4.43. The van der Waals surface area contributed by atoms with Crippen molar-refractivity contribution in [1.29, 1.82) is 0 Å². The Kier molecular flexibility index (Phi) is 12.5. The third-order valence-corrected chi connectivity index (χ3v) is 8.31. The number of amides is 1. The number of likely N-dealkylation sites (N-methyl/N-ethyl adjacent to an activating group) is 3. The first kappa shape index (κ1) is 28.7. The highest BCUT2D eigenvalue weighted by atomic mass is 32.2. The van der Waals surface area contributed by atoms with Crippen molar-refractivity contribution in [3.63, 3.8) is 0 Å². The molecule has 1 saturated heterocycles. The molecule has 0 spiro atoms. The number of ether oxygens (including phenoxy) is 2. The van der Waals surface area contributed by atoms with Crippen molar-refractivity contribution in [1.82, 2.24) is 19.4 Å². The van der Waals surface area contributed by atoms with E-state index in [4.69, 9.17) is 9.47 Å². The lowest BCUT2D eigenvalue weighted by atomic mass is 10.1. The van der Waals surface area contributed by atoms with Crippen LogP contribution >= 0.6 is 0 Å². The van der Waals surface area contributed by atoms with Gasteiger partial charge in [0.25, 0.3) is 0 Å². The van der Waals surface area contributed by atoms with E-state index in [1.54, 1.807) is 25.5 Å². The average Bonchev–Trinajstić information content (AvgIpc) is 3.36. The summed E-state index contributed by atoms with van der Waals surface area (Å²) in [6, 6.07) is 4.69. The van der Waals surface area contributed by atoms with Crippen molar-refractivity contribution in [3.05, 3.63) is 23.3 Å². The Balaban J connectivity index is 0.000000283. The highest BCUT2D eigenvalue weighted by molar-refractivity contribution is 7.82. The van der Waals surface area contributed by atoms with Gasteiger partial charge in [0.15, 0.2) is 0 Å². The summed E-state index contributed by atoms with van der Waals surface area (Å²) >= 11 is 0. The van der Waals surface area contributed by atoms with Gasteiger partial charge in [-0.3, -0.25) is 9.69 Å². The summed E-state index contributed by atoms with van der Waals surface area (Å²) in [6.07, 6.45) is 5.86. The molecule has 1 atom stereocenters. The molecule has 0 bridgehead atoms. The van der Waals surface area contributed by atoms with E-state index in [0.29, 0.717) is 13.2 Å². The summed E-state index contributed by atoms with van der Waals surface area (Å²) < 4.78 is 24.8. The lowest BCUT2D eigenvalue weighted by molar-refractivity contribution is -0.125. The summed E-state index contributed by atoms with van der Waals surface area (Å²) in [6.45, 7) is 9.81. The van der Waals surface area contributed by atoms with Gasteiger partial charge in [-0.25, -0.2) is 8.51 Å². The molecule has 0 radical (unpaired) electrons. The van der Waals surface area contributed by atoms with Gasteiger partial charge in [0.05, 0.1) is 18.6 Å². The molecule has 8 nitrogen and oxygen atoms in total. The largest absolute Gasteiger partial charge is 0.497 e. The molecular formula is C25H44N4O4S. The van der Waals surface area contributed by atoms with Crippen molar-refractivity contribution in [2.45, 2.75) is 50.5 Å². The van der Waals surface area contributed by atoms with Gasteiger partial charge in [-0.15, -0.1) is 0 Å². The van der Waals surface area contributed by atoms with Crippen LogP contribution in [-0.4, -0.2) is 104 Å². The number of nitrogens with one attached hydrogen (secondary N) is 1. The first-order valence-corrected chi connectivity index (χ1v) is 13.4. The molecule has 1 heterocycles. The van der Waals surface area contributed by atoms with E-state index in [9.17, 15) is 9.00 Å². The summed E-state index contributed by atoms with van der Waals surface area (Å²) in [4.78, 5) is 17.0. The molecule has 1 N–H and O–H groups in total. The Morgan fingerprint density at radius 3 is 2.26 bits per heavy atom. The van der Waals surface area contributed by atoms with E-state index in [2.05, 4.69) is 22.2 Å². The van der Waals surface area contributed by atoms with Crippen molar-refractivity contribution >= 4 is 16.9 Å². The van der Waals surface area contributed by atoms with Crippen molar-refractivity contribution < 1.29 is 18.5 Å². The van der Waals surface area contributed by atoms with Crippen LogP contribution in [0, 0.1) is 13.8 Å². The van der Waals surface area contributed by atoms with Crippen LogP contribution in [0.25, 0.3) is 0 Å². The number of carbonyl (C=O) groups excluding carboxylic acids is 1.